The maximum atomic E-state index is 13.4. The van der Waals surface area contributed by atoms with Crippen molar-refractivity contribution in [2.45, 2.75) is 13.0 Å². The van der Waals surface area contributed by atoms with E-state index in [1.807, 2.05) is 36.6 Å². The number of hydrogen-bond donors (Lipinski definition) is 1. The largest absolute Gasteiger partial charge is 0.507 e. The number of Topliss-reactive ketones (excluding diaryl/α,β-unsaturated/α-hetero) is 1. The van der Waals surface area contributed by atoms with Gasteiger partial charge in [-0.1, -0.05) is 17.4 Å². The van der Waals surface area contributed by atoms with Gasteiger partial charge in [0.1, 0.15) is 30.8 Å². The third kappa shape index (κ3) is 3.52. The van der Waals surface area contributed by atoms with E-state index in [-0.39, 0.29) is 11.3 Å². The molecule has 6 rings (SSSR count). The highest BCUT2D eigenvalue weighted by atomic mass is 32.1. The van der Waals surface area contributed by atoms with Gasteiger partial charge in [-0.2, -0.15) is 0 Å². The zero-order valence-electron chi connectivity index (χ0n) is 19.3. The number of aliphatic hydroxyl groups excluding tert-OH is 1. The smallest absolute Gasteiger partial charge is 0.301 e. The first-order valence-corrected chi connectivity index (χ1v) is 12.9. The van der Waals surface area contributed by atoms with Crippen molar-refractivity contribution in [3.8, 4) is 17.2 Å². The van der Waals surface area contributed by atoms with Crippen molar-refractivity contribution >= 4 is 55.5 Å². The molecule has 1 saturated heterocycles. The Morgan fingerprint density at radius 2 is 1.94 bits per heavy atom. The number of thiophene rings is 1. The number of amides is 1. The molecule has 8 nitrogen and oxygen atoms in total. The van der Waals surface area contributed by atoms with E-state index in [2.05, 4.69) is 4.98 Å². The molecule has 0 bridgehead atoms. The van der Waals surface area contributed by atoms with E-state index >= 15 is 0 Å². The molecule has 1 fully saturated rings. The molecular formula is C26H20N2O6S2. The van der Waals surface area contributed by atoms with E-state index in [1.165, 1.54) is 27.6 Å². The van der Waals surface area contributed by atoms with Crippen LogP contribution in [0.2, 0.25) is 0 Å². The SMILES string of the molecule is COc1cc2sc(N3C(=O)C(=O)/C(=C(/O)c4ccc5c(c4)OCCO5)C3c3cccs3)nc2cc1C. The van der Waals surface area contributed by atoms with E-state index in [1.54, 1.807) is 25.3 Å². The number of aliphatic hydroxyl groups is 1. The first kappa shape index (κ1) is 22.6. The lowest BCUT2D eigenvalue weighted by Gasteiger charge is -2.22. The standard InChI is InChI=1S/C26H20N2O6S2/c1-13-10-15-20(12-17(13)32-2)36-26(27-15)28-22(19-4-3-9-35-19)21(24(30)25(28)31)23(29)14-5-6-16-18(11-14)34-8-7-33-16/h3-6,9-12,22,29H,7-8H2,1-2H3/b23-21+. The lowest BCUT2D eigenvalue weighted by molar-refractivity contribution is -0.132. The summed E-state index contributed by atoms with van der Waals surface area (Å²) in [5.74, 6) is -0.0296. The summed E-state index contributed by atoms with van der Waals surface area (Å²) < 4.78 is 17.5. The number of aromatic nitrogens is 1. The van der Waals surface area contributed by atoms with Gasteiger partial charge in [-0.3, -0.25) is 14.5 Å². The van der Waals surface area contributed by atoms with E-state index < -0.39 is 17.7 Å². The third-order valence-electron chi connectivity index (χ3n) is 6.17. The zero-order chi connectivity index (χ0) is 25.0. The molecule has 4 aromatic rings. The van der Waals surface area contributed by atoms with Crippen LogP contribution < -0.4 is 19.1 Å². The van der Waals surface area contributed by atoms with Crippen LogP contribution in [0.15, 0.2) is 53.4 Å². The molecule has 1 amide bonds. The Balaban J connectivity index is 1.51. The number of ketones is 1. The van der Waals surface area contributed by atoms with Crippen LogP contribution in [-0.2, 0) is 9.59 Å². The van der Waals surface area contributed by atoms with Gasteiger partial charge in [0.25, 0.3) is 5.78 Å². The molecule has 2 aliphatic rings. The van der Waals surface area contributed by atoms with Crippen molar-refractivity contribution in [1.82, 2.24) is 4.98 Å². The minimum absolute atomic E-state index is 0.00662. The molecule has 2 aromatic heterocycles. The number of hydrogen-bond acceptors (Lipinski definition) is 9. The molecule has 2 aliphatic heterocycles. The lowest BCUT2D eigenvalue weighted by Crippen LogP contribution is -2.28. The highest BCUT2D eigenvalue weighted by molar-refractivity contribution is 7.22. The molecule has 2 aromatic carbocycles. The number of anilines is 1. The first-order valence-electron chi connectivity index (χ1n) is 11.2. The van der Waals surface area contributed by atoms with Crippen LogP contribution >= 0.6 is 22.7 Å². The predicted octanol–water partition coefficient (Wildman–Crippen LogP) is 5.07. The summed E-state index contributed by atoms with van der Waals surface area (Å²) in [6, 6.07) is 11.6. The zero-order valence-corrected chi connectivity index (χ0v) is 20.9. The van der Waals surface area contributed by atoms with Crippen LogP contribution in [0.1, 0.15) is 22.0 Å². The molecule has 1 unspecified atom stereocenters. The Kier molecular flexibility index (Phi) is 5.42. The van der Waals surface area contributed by atoms with E-state index in [0.29, 0.717) is 46.7 Å². The Morgan fingerprint density at radius 1 is 1.14 bits per heavy atom. The van der Waals surface area contributed by atoms with Gasteiger partial charge < -0.3 is 19.3 Å². The third-order valence-corrected chi connectivity index (χ3v) is 8.11. The molecule has 36 heavy (non-hydrogen) atoms. The lowest BCUT2D eigenvalue weighted by atomic mass is 9.99. The number of benzene rings is 2. The van der Waals surface area contributed by atoms with E-state index in [9.17, 15) is 14.7 Å². The maximum absolute atomic E-state index is 13.4. The van der Waals surface area contributed by atoms with E-state index in [4.69, 9.17) is 14.2 Å². The molecule has 0 radical (unpaired) electrons. The number of ether oxygens (including phenoxy) is 3. The van der Waals surface area contributed by atoms with Crippen molar-refractivity contribution < 1.29 is 28.9 Å². The van der Waals surface area contributed by atoms with Crippen LogP contribution in [0.5, 0.6) is 17.2 Å². The highest BCUT2D eigenvalue weighted by Gasteiger charge is 2.48. The first-order chi connectivity index (χ1) is 17.5. The van der Waals surface area contributed by atoms with Gasteiger partial charge in [0.05, 0.1) is 22.9 Å². The summed E-state index contributed by atoms with van der Waals surface area (Å²) in [5, 5.41) is 13.6. The van der Waals surface area contributed by atoms with Crippen molar-refractivity contribution in [3.05, 3.63) is 69.4 Å². The van der Waals surface area contributed by atoms with Crippen molar-refractivity contribution in [1.29, 1.82) is 0 Å². The molecular weight excluding hydrogens is 500 g/mol. The van der Waals surface area contributed by atoms with Crippen LogP contribution in [0.4, 0.5) is 5.13 Å². The Bertz CT molecular complexity index is 1560. The quantitative estimate of drug-likeness (QED) is 0.228. The van der Waals surface area contributed by atoms with Crippen LogP contribution in [0.3, 0.4) is 0 Å². The average Bonchev–Trinajstić information content (AvgIpc) is 3.61. The second-order valence-corrected chi connectivity index (χ2v) is 10.3. The molecule has 0 spiro atoms. The van der Waals surface area contributed by atoms with Gasteiger partial charge >= 0.3 is 5.91 Å². The van der Waals surface area contributed by atoms with Gasteiger partial charge in [0.2, 0.25) is 0 Å². The van der Waals surface area contributed by atoms with Gasteiger partial charge in [0.15, 0.2) is 16.6 Å². The topological polar surface area (TPSA) is 98.2 Å². The Labute approximate surface area is 214 Å². The van der Waals surface area contributed by atoms with Gasteiger partial charge in [-0.15, -0.1) is 11.3 Å². The summed E-state index contributed by atoms with van der Waals surface area (Å²) in [6.07, 6.45) is 0. The number of fused-ring (bicyclic) bond motifs is 2. The summed E-state index contributed by atoms with van der Waals surface area (Å²) in [6.45, 7) is 2.75. The Morgan fingerprint density at radius 3 is 2.69 bits per heavy atom. The second-order valence-electron chi connectivity index (χ2n) is 8.33. The fraction of sp³-hybridized carbons (Fsp3) is 0.192. The van der Waals surface area contributed by atoms with Crippen molar-refractivity contribution in [3.63, 3.8) is 0 Å². The van der Waals surface area contributed by atoms with Gasteiger partial charge in [-0.25, -0.2) is 4.98 Å². The maximum Gasteiger partial charge on any atom is 0.301 e. The molecule has 4 heterocycles. The fourth-order valence-corrected chi connectivity index (χ4v) is 6.29. The summed E-state index contributed by atoms with van der Waals surface area (Å²) in [7, 11) is 1.60. The molecule has 1 atom stereocenters. The van der Waals surface area contributed by atoms with Crippen molar-refractivity contribution in [2.24, 2.45) is 0 Å². The highest BCUT2D eigenvalue weighted by Crippen LogP contribution is 2.46. The number of carbonyl (C=O) groups excluding carboxylic acids is 2. The predicted molar refractivity (Wildman–Crippen MR) is 137 cm³/mol. The minimum Gasteiger partial charge on any atom is -0.507 e. The summed E-state index contributed by atoms with van der Waals surface area (Å²) in [4.78, 5) is 33.6. The molecule has 10 heteroatoms. The molecule has 0 aliphatic carbocycles. The summed E-state index contributed by atoms with van der Waals surface area (Å²) in [5.41, 5.74) is 1.99. The molecule has 0 saturated carbocycles. The number of nitrogens with zero attached hydrogens (tertiary/aromatic N) is 2. The minimum atomic E-state index is -0.818. The summed E-state index contributed by atoms with van der Waals surface area (Å²) >= 11 is 2.69. The number of carbonyl (C=O) groups is 2. The number of thiazole rings is 1. The van der Waals surface area contributed by atoms with Crippen LogP contribution in [0.25, 0.3) is 16.0 Å². The fourth-order valence-electron chi connectivity index (χ4n) is 4.46. The number of methoxy groups -OCH3 is 1. The van der Waals surface area contributed by atoms with Gasteiger partial charge in [0, 0.05) is 10.4 Å². The normalized spacial score (nSPS) is 18.7. The monoisotopic (exact) mass is 520 g/mol. The van der Waals surface area contributed by atoms with Crippen LogP contribution in [-0.4, -0.2) is 42.1 Å². The second kappa shape index (κ2) is 8.65. The molecule has 182 valence electrons. The Hall–Kier alpha value is -3.89. The van der Waals surface area contributed by atoms with E-state index in [0.717, 1.165) is 15.1 Å². The molecule has 1 N–H and O–H groups in total. The van der Waals surface area contributed by atoms with Crippen molar-refractivity contribution in [2.75, 3.05) is 25.2 Å². The number of rotatable bonds is 4. The van der Waals surface area contributed by atoms with Gasteiger partial charge in [-0.05, 0) is 54.3 Å². The number of aryl methyl sites for hydroxylation is 1. The van der Waals surface area contributed by atoms with Crippen LogP contribution in [0, 0.1) is 6.92 Å². The average molecular weight is 521 g/mol.